The number of primary amides is 3. The molecule has 0 aliphatic carbocycles. The van der Waals surface area contributed by atoms with Crippen molar-refractivity contribution in [3.63, 3.8) is 0 Å². The van der Waals surface area contributed by atoms with E-state index in [0.29, 0.717) is 35.4 Å². The third-order valence-electron chi connectivity index (χ3n) is 17.1. The second-order valence-corrected chi connectivity index (χ2v) is 29.3. The summed E-state index contributed by atoms with van der Waals surface area (Å²) in [6.07, 6.45) is -4.87. The van der Waals surface area contributed by atoms with Gasteiger partial charge in [0.25, 0.3) is 5.97 Å². The van der Waals surface area contributed by atoms with Gasteiger partial charge in [-0.2, -0.15) is 0 Å². The number of likely N-dealkylation sites (tertiary alicyclic amines) is 1. The van der Waals surface area contributed by atoms with Crippen LogP contribution in [0.4, 0.5) is 0 Å². The number of guanidine groups is 1. The predicted octanol–water partition coefficient (Wildman–Crippen LogP) is -3.51. The molecule has 2 saturated heterocycles. The fourth-order valence-corrected chi connectivity index (χ4v) is 13.7. The SMILES string of the molecule is CC(=O)O.Cc1ccc(O)c([C@H](CCN(C(C)C)C(C)C)c2ccccc2)c1.NC(=O)CC[C@@H]1NC(=O)[C@H](Cc2ccccc2)NC(=O)[C@H](Cc2ccc(O)cc2)NC(=O)CCSSC[C@@H](C(=O)N2CCC[C@H]2C(=O)N[C@H](CCCN=C(N)N)C(=O)NCC(N)=O)NC(=O)[C@H](CC(N)=O)NC1=O.O.O.O.O=C(O)[C@H](O)[C@@H](O)C(=O)O. The lowest BCUT2D eigenvalue weighted by Crippen LogP contribution is -2.61. The van der Waals surface area contributed by atoms with Gasteiger partial charge in [-0.3, -0.25) is 67.4 Å². The summed E-state index contributed by atoms with van der Waals surface area (Å²) >= 11 is 0. The molecule has 115 heavy (non-hydrogen) atoms. The van der Waals surface area contributed by atoms with Crippen LogP contribution in [0.3, 0.4) is 0 Å². The number of nitrogens with two attached hydrogens (primary N) is 5. The standard InChI is InChI=1S/C46H64N14O12S2.C22H31NO.C4H6O6.C2H4O2.3H2O/c47-35(62)15-14-29-40(67)58-32(22-36(48)63)43(70)59-33(45(72)60-18-5-9-34(60)44(71)56-28(8-4-17-52-46(50)51)39(66)53-23-37(49)64)24-74-73-19-16-38(65)54-30(21-26-10-12-27(61)13-11-26)41(68)57-31(42(69)55-29)20-25-6-2-1-3-7-25;1-16(2)23(17(3)4)14-13-20(19-9-7-6-8-10-19)21-15-18(5)11-12-22(21)24;5-1(3(7)8)2(6)4(9)10;1-2(3)4;;;/h1-3,6-7,10-13,28-34,61H,4-5,8-9,14-24H2,(H2,47,62)(H2,48,63)(H2,49,64)(H,53,66)(H,54,65)(H,55,69)(H,56,71)(H,57,68)(H,58,67)(H,59,70)(H4,50,51,52);6-12,15-17,20,24H,13-14H2,1-5H3;1-2,5-6H,(H,7,8)(H,9,10);1H3,(H,3,4);3*1H2/t28-,29+,30+,31+,32+,33+,34+;20-;1-,2-;;;;/m111..../s1. The molecule has 10 atom stereocenters. The summed E-state index contributed by atoms with van der Waals surface area (Å²) in [4.78, 5) is 184. The molecule has 2 heterocycles. The van der Waals surface area contributed by atoms with E-state index in [2.05, 4.69) is 112 Å². The zero-order valence-corrected chi connectivity index (χ0v) is 66.3. The third-order valence-corrected chi connectivity index (χ3v) is 19.5. The number of aryl methyl sites for hydroxylation is 1. The topological polar surface area (TPSA) is 708 Å². The molecule has 2 fully saturated rings. The molecule has 0 spiro atoms. The molecule has 6 rings (SSSR count). The number of nitrogens with one attached hydrogen (secondary N) is 7. The fourth-order valence-electron chi connectivity index (χ4n) is 11.6. The second kappa shape index (κ2) is 53.7. The largest absolute Gasteiger partial charge is 0.508 e. The van der Waals surface area contributed by atoms with Gasteiger partial charge in [-0.1, -0.05) is 112 Å². The Balaban J connectivity index is 0.00000258. The number of carboxylic acids is 3. The molecule has 0 aromatic heterocycles. The highest BCUT2D eigenvalue weighted by molar-refractivity contribution is 8.76. The summed E-state index contributed by atoms with van der Waals surface area (Å²) < 4.78 is 0. The summed E-state index contributed by atoms with van der Waals surface area (Å²) in [6, 6.07) is 22.0. The van der Waals surface area contributed by atoms with Crippen LogP contribution >= 0.6 is 21.6 Å². The second-order valence-electron chi connectivity index (χ2n) is 26.7. The first kappa shape index (κ1) is 104. The molecule has 41 heteroatoms. The summed E-state index contributed by atoms with van der Waals surface area (Å²) in [7, 11) is 2.19. The number of carbonyl (C=O) groups is 14. The minimum Gasteiger partial charge on any atom is -0.508 e. The molecule has 2 aliphatic rings. The Labute approximate surface area is 672 Å². The third kappa shape index (κ3) is 38.9. The number of aliphatic hydroxyl groups is 2. The lowest BCUT2D eigenvalue weighted by molar-refractivity contribution is -0.165. The number of phenols is 2. The maximum atomic E-state index is 14.6. The predicted molar refractivity (Wildman–Crippen MR) is 426 cm³/mol. The van der Waals surface area contributed by atoms with E-state index in [4.69, 9.17) is 59.0 Å². The maximum absolute atomic E-state index is 14.6. The number of aliphatic carboxylic acids is 3. The van der Waals surface area contributed by atoms with Crippen molar-refractivity contribution in [3.05, 3.63) is 131 Å². The fraction of sp³-hybridized carbons (Fsp3) is 0.473. The van der Waals surface area contributed by atoms with Crippen LogP contribution in [0.15, 0.2) is 108 Å². The molecule has 11 amide bonds. The molecule has 0 saturated carbocycles. The number of benzene rings is 4. The first-order valence-electron chi connectivity index (χ1n) is 35.8. The molecule has 4 aromatic carbocycles. The molecule has 30 N–H and O–H groups in total. The first-order chi connectivity index (χ1) is 52.8. The highest BCUT2D eigenvalue weighted by Crippen LogP contribution is 2.35. The van der Waals surface area contributed by atoms with Crippen LogP contribution in [0, 0.1) is 6.92 Å². The van der Waals surface area contributed by atoms with E-state index in [-0.39, 0.29) is 97.2 Å². The average molecular weight is 1660 g/mol. The average Bonchev–Trinajstić information content (AvgIpc) is 1.68. The Bertz CT molecular complexity index is 3820. The smallest absolute Gasteiger partial charge is 0.335 e. The zero-order valence-electron chi connectivity index (χ0n) is 64.7. The van der Waals surface area contributed by atoms with Crippen LogP contribution in [-0.4, -0.2) is 255 Å². The van der Waals surface area contributed by atoms with Crippen LogP contribution in [0.1, 0.15) is 126 Å². The molecular weight excluding hydrogens is 1550 g/mol. The Kier molecular flexibility index (Phi) is 48.5. The van der Waals surface area contributed by atoms with Gasteiger partial charge in [-0.05, 0) is 115 Å². The summed E-state index contributed by atoms with van der Waals surface area (Å²) in [5.41, 5.74) is 31.6. The summed E-state index contributed by atoms with van der Waals surface area (Å²) in [5.74, 6) is -13.5. The lowest BCUT2D eigenvalue weighted by Gasteiger charge is -2.32. The molecule has 4 aromatic rings. The number of amides is 11. The number of nitrogens with zero attached hydrogens (tertiary/aromatic N) is 3. The lowest BCUT2D eigenvalue weighted by atomic mass is 9.87. The van der Waals surface area contributed by atoms with Crippen molar-refractivity contribution in [1.82, 2.24) is 47.0 Å². The van der Waals surface area contributed by atoms with Crippen molar-refractivity contribution < 1.29 is 119 Å². The highest BCUT2D eigenvalue weighted by Gasteiger charge is 2.41. The van der Waals surface area contributed by atoms with Gasteiger partial charge in [-0.15, -0.1) is 0 Å². The van der Waals surface area contributed by atoms with Gasteiger partial charge >= 0.3 is 11.9 Å². The molecule has 0 radical (unpaired) electrons. The molecule has 2 aliphatic heterocycles. The van der Waals surface area contributed by atoms with E-state index in [0.717, 1.165) is 47.0 Å². The van der Waals surface area contributed by atoms with Crippen LogP contribution < -0.4 is 65.9 Å². The number of phenolic OH excluding ortho intramolecular Hbond substituents is 2. The number of hydrogen-bond acceptors (Lipinski definition) is 22. The van der Waals surface area contributed by atoms with Gasteiger partial charge in [0, 0.05) is 80.8 Å². The van der Waals surface area contributed by atoms with Gasteiger partial charge in [0.05, 0.1) is 13.0 Å². The Morgan fingerprint density at radius 3 is 1.70 bits per heavy atom. The van der Waals surface area contributed by atoms with E-state index >= 15 is 0 Å². The molecule has 0 bridgehead atoms. The van der Waals surface area contributed by atoms with Crippen LogP contribution in [0.5, 0.6) is 11.5 Å². The van der Waals surface area contributed by atoms with Crippen molar-refractivity contribution in [2.75, 3.05) is 37.7 Å². The summed E-state index contributed by atoms with van der Waals surface area (Å²) in [5, 5.41) is 78.2. The number of carbonyl (C=O) groups excluding carboxylic acids is 11. The minimum absolute atomic E-state index is 0. The van der Waals surface area contributed by atoms with E-state index in [1.165, 1.54) is 28.2 Å². The normalized spacial score (nSPS) is 18.3. The van der Waals surface area contributed by atoms with Crippen molar-refractivity contribution in [2.45, 2.75) is 185 Å². The van der Waals surface area contributed by atoms with Gasteiger partial charge < -0.3 is 123 Å². The highest BCUT2D eigenvalue weighted by atomic mass is 33.1. The van der Waals surface area contributed by atoms with Crippen molar-refractivity contribution in [3.8, 4) is 11.5 Å². The van der Waals surface area contributed by atoms with Crippen molar-refractivity contribution in [1.29, 1.82) is 0 Å². The number of aromatic hydroxyl groups is 2. The number of hydrogen-bond donors (Lipinski definition) is 19. The number of aliphatic imine (C=N–C) groups is 1. The van der Waals surface area contributed by atoms with Crippen molar-refractivity contribution in [2.24, 2.45) is 33.7 Å². The molecule has 638 valence electrons. The number of rotatable bonds is 29. The Morgan fingerprint density at radius 1 is 0.643 bits per heavy atom. The van der Waals surface area contributed by atoms with Crippen LogP contribution in [0.2, 0.25) is 0 Å². The first-order valence-corrected chi connectivity index (χ1v) is 38.3. The summed E-state index contributed by atoms with van der Waals surface area (Å²) in [6.45, 7) is 12.8. The number of carboxylic acid groups (broad SMARTS) is 3. The van der Waals surface area contributed by atoms with Crippen molar-refractivity contribution >= 4 is 110 Å². The number of aliphatic hydroxyl groups excluding tert-OH is 2. The van der Waals surface area contributed by atoms with Crippen LogP contribution in [-0.2, 0) is 80.0 Å². The molecular formula is C74H111N15O24S2. The Hall–Kier alpha value is -11.2. The van der Waals surface area contributed by atoms with E-state index in [9.17, 15) is 72.5 Å². The molecule has 0 unspecified atom stereocenters. The quantitative estimate of drug-likeness (QED) is 0.0109. The monoisotopic (exact) mass is 1660 g/mol. The minimum atomic E-state index is -2.27. The molecule has 39 nitrogen and oxygen atoms in total. The Morgan fingerprint density at radius 2 is 1.17 bits per heavy atom. The van der Waals surface area contributed by atoms with E-state index in [1.807, 2.05) is 18.2 Å². The maximum Gasteiger partial charge on any atom is 0.335 e. The van der Waals surface area contributed by atoms with Gasteiger partial charge in [-0.25, -0.2) is 9.59 Å². The van der Waals surface area contributed by atoms with Crippen LogP contribution in [0.25, 0.3) is 0 Å². The van der Waals surface area contributed by atoms with Gasteiger partial charge in [0.1, 0.15) is 53.8 Å². The van der Waals surface area contributed by atoms with E-state index < -0.39 is 163 Å². The van der Waals surface area contributed by atoms with Gasteiger partial charge in [0.15, 0.2) is 18.2 Å². The van der Waals surface area contributed by atoms with Gasteiger partial charge in [0.2, 0.25) is 65.0 Å². The van der Waals surface area contributed by atoms with E-state index in [1.54, 1.807) is 42.5 Å². The zero-order chi connectivity index (χ0) is 83.9.